The third kappa shape index (κ3) is 12.8. The molecule has 24 heavy (non-hydrogen) atoms. The van der Waals surface area contributed by atoms with Crippen LogP contribution in [0.4, 0.5) is 0 Å². The van der Waals surface area contributed by atoms with Crippen molar-refractivity contribution in [2.75, 3.05) is 13.2 Å². The number of hydrogen-bond acceptors (Lipinski definition) is 3. The van der Waals surface area contributed by atoms with Gasteiger partial charge in [-0.15, -0.1) is 0 Å². The van der Waals surface area contributed by atoms with Gasteiger partial charge in [0.15, 0.2) is 0 Å². The molecule has 0 aliphatic rings. The predicted octanol–water partition coefficient (Wildman–Crippen LogP) is 6.29. The van der Waals surface area contributed by atoms with Crippen LogP contribution in [0.3, 0.4) is 0 Å². The van der Waals surface area contributed by atoms with Crippen LogP contribution < -0.4 is 0 Å². The standard InChI is InChI=1S/C21H42O3/c1-6-8-9-10-11-12-13-14-15-16-17-23-19(3)18-24-20(22)21(4,5)7-2/h19H,6-18H2,1-5H3. The molecule has 0 aliphatic heterocycles. The minimum Gasteiger partial charge on any atom is -0.463 e. The first-order chi connectivity index (χ1) is 11.4. The Labute approximate surface area is 150 Å². The Morgan fingerprint density at radius 3 is 1.88 bits per heavy atom. The molecule has 3 heteroatoms. The van der Waals surface area contributed by atoms with Crippen LogP contribution in [0.25, 0.3) is 0 Å². The predicted molar refractivity (Wildman–Crippen MR) is 102 cm³/mol. The van der Waals surface area contributed by atoms with Crippen molar-refractivity contribution in [2.24, 2.45) is 5.41 Å². The van der Waals surface area contributed by atoms with Gasteiger partial charge in [-0.25, -0.2) is 0 Å². The molecule has 0 saturated carbocycles. The maximum Gasteiger partial charge on any atom is 0.311 e. The Balaban J connectivity index is 3.41. The molecule has 0 bridgehead atoms. The summed E-state index contributed by atoms with van der Waals surface area (Å²) in [6, 6.07) is 0. The van der Waals surface area contributed by atoms with Gasteiger partial charge in [-0.2, -0.15) is 0 Å². The Bertz CT molecular complexity index is 299. The third-order valence-electron chi connectivity index (χ3n) is 4.79. The molecule has 0 aromatic rings. The van der Waals surface area contributed by atoms with Crippen LogP contribution in [0.1, 0.15) is 105 Å². The molecular formula is C21H42O3. The number of rotatable bonds is 16. The lowest BCUT2D eigenvalue weighted by molar-refractivity contribution is -0.158. The topological polar surface area (TPSA) is 35.5 Å². The summed E-state index contributed by atoms with van der Waals surface area (Å²) in [5.41, 5.74) is -0.393. The summed E-state index contributed by atoms with van der Waals surface area (Å²) in [6.45, 7) is 11.2. The highest BCUT2D eigenvalue weighted by atomic mass is 16.6. The summed E-state index contributed by atoms with van der Waals surface area (Å²) < 4.78 is 11.1. The molecule has 144 valence electrons. The Morgan fingerprint density at radius 2 is 1.38 bits per heavy atom. The fourth-order valence-corrected chi connectivity index (χ4v) is 2.45. The maximum absolute atomic E-state index is 11.9. The van der Waals surface area contributed by atoms with Crippen molar-refractivity contribution in [1.82, 2.24) is 0 Å². The molecule has 1 atom stereocenters. The highest BCUT2D eigenvalue weighted by Gasteiger charge is 2.27. The molecule has 0 aromatic heterocycles. The van der Waals surface area contributed by atoms with E-state index in [9.17, 15) is 4.79 Å². The third-order valence-corrected chi connectivity index (χ3v) is 4.79. The summed E-state index contributed by atoms with van der Waals surface area (Å²) in [5.74, 6) is -0.126. The first-order valence-electron chi connectivity index (χ1n) is 10.2. The maximum atomic E-state index is 11.9. The van der Waals surface area contributed by atoms with Crippen molar-refractivity contribution in [3.8, 4) is 0 Å². The molecule has 0 amide bonds. The summed E-state index contributed by atoms with van der Waals surface area (Å²) in [5, 5.41) is 0. The fraction of sp³-hybridized carbons (Fsp3) is 0.952. The molecule has 0 heterocycles. The lowest BCUT2D eigenvalue weighted by Gasteiger charge is -2.22. The van der Waals surface area contributed by atoms with E-state index in [1.165, 1.54) is 57.8 Å². The lowest BCUT2D eigenvalue weighted by atomic mass is 9.91. The smallest absolute Gasteiger partial charge is 0.311 e. The van der Waals surface area contributed by atoms with Gasteiger partial charge in [-0.05, 0) is 33.6 Å². The second-order valence-electron chi connectivity index (χ2n) is 7.70. The molecule has 0 aliphatic carbocycles. The molecule has 1 unspecified atom stereocenters. The second-order valence-corrected chi connectivity index (χ2v) is 7.70. The van der Waals surface area contributed by atoms with E-state index in [0.717, 1.165) is 19.4 Å². The second kappa shape index (κ2) is 14.7. The zero-order valence-corrected chi connectivity index (χ0v) is 17.0. The van der Waals surface area contributed by atoms with Crippen LogP contribution in [0, 0.1) is 5.41 Å². The van der Waals surface area contributed by atoms with Crippen LogP contribution in [-0.4, -0.2) is 25.3 Å². The molecule has 0 radical (unpaired) electrons. The lowest BCUT2D eigenvalue weighted by Crippen LogP contribution is -2.29. The largest absolute Gasteiger partial charge is 0.463 e. The minimum atomic E-state index is -0.393. The van der Waals surface area contributed by atoms with Gasteiger partial charge in [0.2, 0.25) is 0 Å². The van der Waals surface area contributed by atoms with Gasteiger partial charge < -0.3 is 9.47 Å². The van der Waals surface area contributed by atoms with E-state index < -0.39 is 5.41 Å². The van der Waals surface area contributed by atoms with Crippen LogP contribution in [-0.2, 0) is 14.3 Å². The minimum absolute atomic E-state index is 0.0137. The van der Waals surface area contributed by atoms with E-state index in [-0.39, 0.29) is 12.1 Å². The van der Waals surface area contributed by atoms with Crippen molar-refractivity contribution in [3.63, 3.8) is 0 Å². The highest BCUT2D eigenvalue weighted by Crippen LogP contribution is 2.21. The van der Waals surface area contributed by atoms with Gasteiger partial charge in [0.1, 0.15) is 6.61 Å². The molecule has 0 saturated heterocycles. The summed E-state index contributed by atoms with van der Waals surface area (Å²) in [7, 11) is 0. The van der Waals surface area contributed by atoms with Crippen molar-refractivity contribution in [2.45, 2.75) is 111 Å². The van der Waals surface area contributed by atoms with Gasteiger partial charge >= 0.3 is 5.97 Å². The highest BCUT2D eigenvalue weighted by molar-refractivity contribution is 5.75. The number of hydrogen-bond donors (Lipinski definition) is 0. The monoisotopic (exact) mass is 342 g/mol. The average Bonchev–Trinajstić information content (AvgIpc) is 2.57. The van der Waals surface area contributed by atoms with E-state index in [4.69, 9.17) is 9.47 Å². The summed E-state index contributed by atoms with van der Waals surface area (Å²) in [4.78, 5) is 11.9. The van der Waals surface area contributed by atoms with Crippen molar-refractivity contribution in [3.05, 3.63) is 0 Å². The average molecular weight is 343 g/mol. The normalized spacial score (nSPS) is 13.0. The van der Waals surface area contributed by atoms with Gasteiger partial charge in [0.05, 0.1) is 11.5 Å². The van der Waals surface area contributed by atoms with Gasteiger partial charge in [0.25, 0.3) is 0 Å². The van der Waals surface area contributed by atoms with Crippen molar-refractivity contribution < 1.29 is 14.3 Å². The van der Waals surface area contributed by atoms with E-state index in [0.29, 0.717) is 6.61 Å². The first-order valence-corrected chi connectivity index (χ1v) is 10.2. The zero-order chi connectivity index (χ0) is 18.3. The molecule has 0 spiro atoms. The molecule has 0 N–H and O–H groups in total. The fourth-order valence-electron chi connectivity index (χ4n) is 2.45. The molecule has 0 fully saturated rings. The van der Waals surface area contributed by atoms with Crippen molar-refractivity contribution >= 4 is 5.97 Å². The number of carbonyl (C=O) groups excluding carboxylic acids is 1. The SMILES string of the molecule is CCCCCCCCCCCCOC(C)COC(=O)C(C)(C)CC. The van der Waals surface area contributed by atoms with Gasteiger partial charge in [0, 0.05) is 6.61 Å². The number of carbonyl (C=O) groups is 1. The van der Waals surface area contributed by atoms with E-state index in [1.54, 1.807) is 0 Å². The van der Waals surface area contributed by atoms with E-state index >= 15 is 0 Å². The summed E-state index contributed by atoms with van der Waals surface area (Å²) >= 11 is 0. The molecule has 3 nitrogen and oxygen atoms in total. The molecule has 0 aromatic carbocycles. The number of esters is 1. The zero-order valence-electron chi connectivity index (χ0n) is 17.0. The van der Waals surface area contributed by atoms with Crippen LogP contribution in [0.2, 0.25) is 0 Å². The van der Waals surface area contributed by atoms with Gasteiger partial charge in [-0.3, -0.25) is 4.79 Å². The molecule has 0 rings (SSSR count). The van der Waals surface area contributed by atoms with Crippen LogP contribution in [0.5, 0.6) is 0 Å². The molecular weight excluding hydrogens is 300 g/mol. The quantitative estimate of drug-likeness (QED) is 0.244. The van der Waals surface area contributed by atoms with Crippen molar-refractivity contribution in [1.29, 1.82) is 0 Å². The van der Waals surface area contributed by atoms with Crippen LogP contribution in [0.15, 0.2) is 0 Å². The Hall–Kier alpha value is -0.570. The summed E-state index contributed by atoms with van der Waals surface area (Å²) in [6.07, 6.45) is 14.1. The Kier molecular flexibility index (Phi) is 14.4. The van der Waals surface area contributed by atoms with E-state index in [1.807, 2.05) is 27.7 Å². The number of ether oxygens (including phenoxy) is 2. The van der Waals surface area contributed by atoms with Crippen LogP contribution >= 0.6 is 0 Å². The first kappa shape index (κ1) is 23.4. The van der Waals surface area contributed by atoms with Gasteiger partial charge in [-0.1, -0.05) is 71.6 Å². The van der Waals surface area contributed by atoms with E-state index in [2.05, 4.69) is 6.92 Å². The number of unbranched alkanes of at least 4 members (excludes halogenated alkanes) is 9. The Morgan fingerprint density at radius 1 is 0.875 bits per heavy atom.